The number of halogens is 1. The van der Waals surface area contributed by atoms with Crippen molar-refractivity contribution in [2.45, 2.75) is 13.0 Å². The molecule has 0 fully saturated rings. The summed E-state index contributed by atoms with van der Waals surface area (Å²) in [5.74, 6) is -0.180. The number of carbonyl (C=O) groups is 1. The van der Waals surface area contributed by atoms with Gasteiger partial charge in [0, 0.05) is 24.3 Å². The molecule has 3 rings (SSSR count). The number of nitrogens with zero attached hydrogens (tertiary/aromatic N) is 3. The molecule has 0 bridgehead atoms. The lowest BCUT2D eigenvalue weighted by molar-refractivity contribution is 0.0939. The van der Waals surface area contributed by atoms with E-state index < -0.39 is 0 Å². The Kier molecular flexibility index (Phi) is 4.39. The summed E-state index contributed by atoms with van der Waals surface area (Å²) in [4.78, 5) is 20.1. The van der Waals surface area contributed by atoms with Gasteiger partial charge < -0.3 is 9.88 Å². The van der Waals surface area contributed by atoms with E-state index in [0.29, 0.717) is 10.7 Å². The van der Waals surface area contributed by atoms with Crippen LogP contribution in [0.3, 0.4) is 0 Å². The van der Waals surface area contributed by atoms with Gasteiger partial charge in [-0.1, -0.05) is 23.7 Å². The molecule has 0 saturated heterocycles. The fraction of sp³-hybridized carbons (Fsp3) is 0.118. The Morgan fingerprint density at radius 2 is 2.00 bits per heavy atom. The molecule has 0 aliphatic rings. The van der Waals surface area contributed by atoms with Crippen molar-refractivity contribution in [2.24, 2.45) is 0 Å². The fourth-order valence-corrected chi connectivity index (χ4v) is 2.33. The standard InChI is InChI=1S/C17H15ClN4O/c1-12(21-17(23)14-4-7-16(18)20-10-14)13-2-5-15(6-3-13)22-9-8-19-11-22/h2-12H,1H3,(H,21,23). The monoisotopic (exact) mass is 326 g/mol. The average Bonchev–Trinajstić information content (AvgIpc) is 3.10. The molecule has 1 N–H and O–H groups in total. The lowest BCUT2D eigenvalue weighted by Gasteiger charge is -2.15. The van der Waals surface area contributed by atoms with Crippen LogP contribution >= 0.6 is 11.6 Å². The SMILES string of the molecule is CC(NC(=O)c1ccc(Cl)nc1)c1ccc(-n2ccnc2)cc1. The number of amides is 1. The largest absolute Gasteiger partial charge is 0.345 e. The molecule has 23 heavy (non-hydrogen) atoms. The molecule has 5 nitrogen and oxygen atoms in total. The van der Waals surface area contributed by atoms with E-state index in [-0.39, 0.29) is 11.9 Å². The van der Waals surface area contributed by atoms with Gasteiger partial charge in [0.25, 0.3) is 5.91 Å². The molecule has 6 heteroatoms. The van der Waals surface area contributed by atoms with Crippen LogP contribution in [0.4, 0.5) is 0 Å². The van der Waals surface area contributed by atoms with E-state index in [9.17, 15) is 4.79 Å². The molecule has 1 amide bonds. The van der Waals surface area contributed by atoms with Crippen molar-refractivity contribution in [1.82, 2.24) is 19.9 Å². The van der Waals surface area contributed by atoms with Crippen LogP contribution in [0.1, 0.15) is 28.9 Å². The van der Waals surface area contributed by atoms with Gasteiger partial charge >= 0.3 is 0 Å². The minimum Gasteiger partial charge on any atom is -0.345 e. The maximum Gasteiger partial charge on any atom is 0.253 e. The first-order valence-corrected chi connectivity index (χ1v) is 7.52. The summed E-state index contributed by atoms with van der Waals surface area (Å²) < 4.78 is 1.92. The van der Waals surface area contributed by atoms with E-state index in [1.165, 1.54) is 6.20 Å². The van der Waals surface area contributed by atoms with Gasteiger partial charge in [0.1, 0.15) is 5.15 Å². The number of benzene rings is 1. The van der Waals surface area contributed by atoms with Gasteiger partial charge in [-0.2, -0.15) is 0 Å². The summed E-state index contributed by atoms with van der Waals surface area (Å²) in [6.07, 6.45) is 6.82. The maximum atomic E-state index is 12.2. The summed E-state index contributed by atoms with van der Waals surface area (Å²) in [5, 5.41) is 3.31. The quantitative estimate of drug-likeness (QED) is 0.747. The van der Waals surface area contributed by atoms with Gasteiger partial charge in [-0.15, -0.1) is 0 Å². The molecule has 0 radical (unpaired) electrons. The van der Waals surface area contributed by atoms with Gasteiger partial charge in [-0.25, -0.2) is 9.97 Å². The normalized spacial score (nSPS) is 11.9. The van der Waals surface area contributed by atoms with Crippen LogP contribution in [-0.4, -0.2) is 20.4 Å². The van der Waals surface area contributed by atoms with Crippen molar-refractivity contribution >= 4 is 17.5 Å². The van der Waals surface area contributed by atoms with Crippen molar-refractivity contribution < 1.29 is 4.79 Å². The van der Waals surface area contributed by atoms with E-state index in [1.54, 1.807) is 24.7 Å². The molecule has 0 aliphatic carbocycles. The molecule has 3 aromatic rings. The van der Waals surface area contributed by atoms with Gasteiger partial charge in [0.15, 0.2) is 0 Å². The third-order valence-corrected chi connectivity index (χ3v) is 3.76. The van der Waals surface area contributed by atoms with E-state index in [4.69, 9.17) is 11.6 Å². The zero-order valence-electron chi connectivity index (χ0n) is 12.5. The number of imidazole rings is 1. The van der Waals surface area contributed by atoms with Gasteiger partial charge in [0.2, 0.25) is 0 Å². The third kappa shape index (κ3) is 3.57. The highest BCUT2D eigenvalue weighted by Crippen LogP contribution is 2.16. The topological polar surface area (TPSA) is 59.8 Å². The third-order valence-electron chi connectivity index (χ3n) is 3.53. The second kappa shape index (κ2) is 6.62. The van der Waals surface area contributed by atoms with E-state index in [0.717, 1.165) is 11.3 Å². The molecular weight excluding hydrogens is 312 g/mol. The van der Waals surface area contributed by atoms with Crippen LogP contribution in [0.15, 0.2) is 61.3 Å². The first kappa shape index (κ1) is 15.2. The first-order valence-electron chi connectivity index (χ1n) is 7.14. The molecule has 0 spiro atoms. The van der Waals surface area contributed by atoms with Gasteiger partial charge in [-0.3, -0.25) is 4.79 Å². The Balaban J connectivity index is 1.69. The summed E-state index contributed by atoms with van der Waals surface area (Å²) >= 11 is 5.73. The highest BCUT2D eigenvalue weighted by atomic mass is 35.5. The molecule has 1 unspecified atom stereocenters. The number of carbonyl (C=O) groups excluding carboxylic acids is 1. The molecule has 116 valence electrons. The van der Waals surface area contributed by atoms with E-state index in [2.05, 4.69) is 15.3 Å². The van der Waals surface area contributed by atoms with Crippen molar-refractivity contribution in [3.8, 4) is 5.69 Å². The van der Waals surface area contributed by atoms with E-state index >= 15 is 0 Å². The van der Waals surface area contributed by atoms with Crippen LogP contribution in [0.25, 0.3) is 5.69 Å². The Hall–Kier alpha value is -2.66. The fourth-order valence-electron chi connectivity index (χ4n) is 2.22. The Morgan fingerprint density at radius 3 is 2.61 bits per heavy atom. The molecule has 1 atom stereocenters. The van der Waals surface area contributed by atoms with Crippen LogP contribution in [0, 0.1) is 0 Å². The minimum absolute atomic E-state index is 0.116. The summed E-state index contributed by atoms with van der Waals surface area (Å²) in [5.41, 5.74) is 2.52. The lowest BCUT2D eigenvalue weighted by Crippen LogP contribution is -2.26. The maximum absolute atomic E-state index is 12.2. The molecule has 2 heterocycles. The van der Waals surface area contributed by atoms with Crippen LogP contribution in [-0.2, 0) is 0 Å². The van der Waals surface area contributed by atoms with Crippen molar-refractivity contribution in [3.05, 3.63) is 77.6 Å². The summed E-state index contributed by atoms with van der Waals surface area (Å²) in [6.45, 7) is 1.94. The van der Waals surface area contributed by atoms with Gasteiger partial charge in [-0.05, 0) is 36.8 Å². The zero-order chi connectivity index (χ0) is 16.2. The Labute approximate surface area is 139 Å². The van der Waals surface area contributed by atoms with Crippen LogP contribution in [0.5, 0.6) is 0 Å². The molecule has 2 aromatic heterocycles. The van der Waals surface area contributed by atoms with Crippen LogP contribution in [0.2, 0.25) is 5.15 Å². The number of hydrogen-bond donors (Lipinski definition) is 1. The second-order valence-corrected chi connectivity index (χ2v) is 5.51. The molecular formula is C17H15ClN4O. The van der Waals surface area contributed by atoms with Crippen molar-refractivity contribution in [2.75, 3.05) is 0 Å². The summed E-state index contributed by atoms with van der Waals surface area (Å²) in [6, 6.07) is 11.1. The second-order valence-electron chi connectivity index (χ2n) is 5.13. The van der Waals surface area contributed by atoms with Crippen molar-refractivity contribution in [3.63, 3.8) is 0 Å². The number of nitrogens with one attached hydrogen (secondary N) is 1. The lowest BCUT2D eigenvalue weighted by atomic mass is 10.1. The first-order chi connectivity index (χ1) is 11.1. The number of hydrogen-bond acceptors (Lipinski definition) is 3. The smallest absolute Gasteiger partial charge is 0.253 e. The van der Waals surface area contributed by atoms with E-state index in [1.807, 2.05) is 42.0 Å². The number of aromatic nitrogens is 3. The highest BCUT2D eigenvalue weighted by molar-refractivity contribution is 6.29. The number of pyridine rings is 1. The summed E-state index contributed by atoms with van der Waals surface area (Å²) in [7, 11) is 0. The molecule has 0 aliphatic heterocycles. The zero-order valence-corrected chi connectivity index (χ0v) is 13.2. The molecule has 0 saturated carbocycles. The van der Waals surface area contributed by atoms with Gasteiger partial charge in [0.05, 0.1) is 17.9 Å². The Morgan fingerprint density at radius 1 is 1.22 bits per heavy atom. The van der Waals surface area contributed by atoms with Crippen molar-refractivity contribution in [1.29, 1.82) is 0 Å². The Bertz CT molecular complexity index is 782. The predicted octanol–water partition coefficient (Wildman–Crippen LogP) is 3.41. The highest BCUT2D eigenvalue weighted by Gasteiger charge is 2.12. The number of rotatable bonds is 4. The predicted molar refractivity (Wildman–Crippen MR) is 88.7 cm³/mol. The molecule has 1 aromatic carbocycles. The minimum atomic E-state index is -0.180. The van der Waals surface area contributed by atoms with Crippen LogP contribution < -0.4 is 5.32 Å². The average molecular weight is 327 g/mol.